The van der Waals surface area contributed by atoms with Crippen LogP contribution in [0.2, 0.25) is 0 Å². The summed E-state index contributed by atoms with van der Waals surface area (Å²) in [7, 11) is 0. The van der Waals surface area contributed by atoms with Crippen molar-refractivity contribution in [2.45, 2.75) is 32.3 Å². The van der Waals surface area contributed by atoms with Gasteiger partial charge in [-0.15, -0.1) is 6.58 Å². The Kier molecular flexibility index (Phi) is 7.52. The number of ether oxygens (including phenoxy) is 1. The second-order valence-electron chi connectivity index (χ2n) is 2.61. The Morgan fingerprint density at radius 2 is 2.36 bits per heavy atom. The molecule has 11 heavy (non-hydrogen) atoms. The predicted molar refractivity (Wildman–Crippen MR) is 46.5 cm³/mol. The summed E-state index contributed by atoms with van der Waals surface area (Å²) < 4.78 is 5.19. The molecule has 0 fully saturated rings. The van der Waals surface area contributed by atoms with Crippen molar-refractivity contribution in [3.8, 4) is 0 Å². The number of hydrogen-bond acceptors (Lipinski definition) is 2. The highest BCUT2D eigenvalue weighted by Crippen LogP contribution is 1.94. The van der Waals surface area contributed by atoms with Crippen molar-refractivity contribution < 1.29 is 9.84 Å². The molecule has 1 atom stereocenters. The van der Waals surface area contributed by atoms with E-state index in [1.54, 1.807) is 6.08 Å². The van der Waals surface area contributed by atoms with Gasteiger partial charge in [-0.2, -0.15) is 0 Å². The quantitative estimate of drug-likeness (QED) is 0.451. The van der Waals surface area contributed by atoms with Crippen LogP contribution in [0.25, 0.3) is 0 Å². The van der Waals surface area contributed by atoms with Crippen LogP contribution in [-0.2, 0) is 4.74 Å². The van der Waals surface area contributed by atoms with Gasteiger partial charge in [0.15, 0.2) is 0 Å². The molecular weight excluding hydrogens is 140 g/mol. The predicted octanol–water partition coefficient (Wildman–Crippen LogP) is 1.74. The minimum atomic E-state index is -0.371. The zero-order valence-corrected chi connectivity index (χ0v) is 7.25. The van der Waals surface area contributed by atoms with Crippen LogP contribution >= 0.6 is 0 Å². The largest absolute Gasteiger partial charge is 0.390 e. The Morgan fingerprint density at radius 3 is 2.91 bits per heavy atom. The minimum Gasteiger partial charge on any atom is -0.390 e. The maximum absolute atomic E-state index is 9.15. The fraction of sp³-hybridized carbons (Fsp3) is 0.778. The maximum atomic E-state index is 9.15. The lowest BCUT2D eigenvalue weighted by atomic mass is 10.3. The molecule has 0 spiro atoms. The molecule has 0 unspecified atom stereocenters. The standard InChI is InChI=1S/C9H18O2/c1-3-5-7-11-8-9(10)6-4-2/h4,9-10H,2-3,5-8H2,1H3/t9-/m1/s1. The van der Waals surface area contributed by atoms with E-state index in [4.69, 9.17) is 9.84 Å². The maximum Gasteiger partial charge on any atom is 0.0807 e. The first-order valence-corrected chi connectivity index (χ1v) is 4.18. The van der Waals surface area contributed by atoms with Crippen LogP contribution in [0.15, 0.2) is 12.7 Å². The zero-order valence-electron chi connectivity index (χ0n) is 7.25. The molecule has 0 saturated carbocycles. The summed E-state index contributed by atoms with van der Waals surface area (Å²) in [4.78, 5) is 0. The molecule has 0 aliphatic heterocycles. The average Bonchev–Trinajstić information content (AvgIpc) is 1.99. The third kappa shape index (κ3) is 7.56. The van der Waals surface area contributed by atoms with E-state index >= 15 is 0 Å². The van der Waals surface area contributed by atoms with Crippen molar-refractivity contribution in [3.05, 3.63) is 12.7 Å². The Labute approximate surface area is 68.9 Å². The van der Waals surface area contributed by atoms with Gasteiger partial charge in [-0.1, -0.05) is 19.4 Å². The highest BCUT2D eigenvalue weighted by molar-refractivity contribution is 4.71. The SMILES string of the molecule is C=CC[C@@H](O)COCCCC. The Hall–Kier alpha value is -0.340. The second kappa shape index (κ2) is 7.76. The van der Waals surface area contributed by atoms with E-state index in [0.717, 1.165) is 19.4 Å². The van der Waals surface area contributed by atoms with Gasteiger partial charge in [0.2, 0.25) is 0 Å². The minimum absolute atomic E-state index is 0.371. The molecule has 0 aliphatic rings. The molecular formula is C9H18O2. The van der Waals surface area contributed by atoms with Crippen LogP contribution in [0.3, 0.4) is 0 Å². The summed E-state index contributed by atoms with van der Waals surface area (Å²) in [5.41, 5.74) is 0. The van der Waals surface area contributed by atoms with E-state index in [9.17, 15) is 0 Å². The second-order valence-corrected chi connectivity index (χ2v) is 2.61. The lowest BCUT2D eigenvalue weighted by Crippen LogP contribution is -2.14. The smallest absolute Gasteiger partial charge is 0.0807 e. The molecule has 0 radical (unpaired) electrons. The van der Waals surface area contributed by atoms with E-state index in [0.29, 0.717) is 13.0 Å². The van der Waals surface area contributed by atoms with E-state index < -0.39 is 0 Å². The topological polar surface area (TPSA) is 29.5 Å². The van der Waals surface area contributed by atoms with Gasteiger partial charge in [0, 0.05) is 6.61 Å². The highest BCUT2D eigenvalue weighted by atomic mass is 16.5. The van der Waals surface area contributed by atoms with Crippen LogP contribution in [0, 0.1) is 0 Å². The van der Waals surface area contributed by atoms with Crippen molar-refractivity contribution in [3.63, 3.8) is 0 Å². The summed E-state index contributed by atoms with van der Waals surface area (Å²) in [6.07, 6.45) is 4.16. The van der Waals surface area contributed by atoms with Gasteiger partial charge in [0.05, 0.1) is 12.7 Å². The lowest BCUT2D eigenvalue weighted by molar-refractivity contribution is 0.0373. The molecule has 0 aromatic carbocycles. The number of aliphatic hydroxyl groups excluding tert-OH is 1. The highest BCUT2D eigenvalue weighted by Gasteiger charge is 1.99. The van der Waals surface area contributed by atoms with Crippen LogP contribution in [0.4, 0.5) is 0 Å². The number of hydrogen-bond donors (Lipinski definition) is 1. The van der Waals surface area contributed by atoms with Crippen molar-refractivity contribution in [2.75, 3.05) is 13.2 Å². The van der Waals surface area contributed by atoms with Crippen molar-refractivity contribution in [2.24, 2.45) is 0 Å². The van der Waals surface area contributed by atoms with Crippen molar-refractivity contribution >= 4 is 0 Å². The first kappa shape index (κ1) is 10.7. The van der Waals surface area contributed by atoms with Crippen molar-refractivity contribution in [1.29, 1.82) is 0 Å². The molecule has 0 rings (SSSR count). The third-order valence-electron chi connectivity index (χ3n) is 1.39. The van der Waals surface area contributed by atoms with Gasteiger partial charge >= 0.3 is 0 Å². The van der Waals surface area contributed by atoms with Crippen LogP contribution in [0.5, 0.6) is 0 Å². The molecule has 0 aromatic rings. The van der Waals surface area contributed by atoms with Gasteiger partial charge in [-0.3, -0.25) is 0 Å². The molecule has 1 N–H and O–H groups in total. The van der Waals surface area contributed by atoms with Gasteiger partial charge < -0.3 is 9.84 Å². The molecule has 0 aliphatic carbocycles. The fourth-order valence-corrected chi connectivity index (χ4v) is 0.726. The van der Waals surface area contributed by atoms with E-state index in [1.807, 2.05) is 0 Å². The molecule has 0 amide bonds. The third-order valence-corrected chi connectivity index (χ3v) is 1.39. The molecule has 0 heterocycles. The zero-order chi connectivity index (χ0) is 8.53. The molecule has 2 nitrogen and oxygen atoms in total. The summed E-state index contributed by atoms with van der Waals surface area (Å²) in [6, 6.07) is 0. The van der Waals surface area contributed by atoms with Gasteiger partial charge in [0.25, 0.3) is 0 Å². The number of unbranched alkanes of at least 4 members (excludes halogenated alkanes) is 1. The van der Waals surface area contributed by atoms with E-state index in [-0.39, 0.29) is 6.10 Å². The Bertz CT molecular complexity index is 91.6. The molecule has 66 valence electrons. The first-order valence-electron chi connectivity index (χ1n) is 4.18. The molecule has 0 aromatic heterocycles. The lowest BCUT2D eigenvalue weighted by Gasteiger charge is -2.07. The fourth-order valence-electron chi connectivity index (χ4n) is 0.726. The van der Waals surface area contributed by atoms with E-state index in [1.165, 1.54) is 0 Å². The summed E-state index contributed by atoms with van der Waals surface area (Å²) in [5, 5.41) is 9.15. The van der Waals surface area contributed by atoms with Crippen LogP contribution in [0.1, 0.15) is 26.2 Å². The summed E-state index contributed by atoms with van der Waals surface area (Å²) in [5.74, 6) is 0. The molecule has 0 bridgehead atoms. The summed E-state index contributed by atoms with van der Waals surface area (Å²) >= 11 is 0. The van der Waals surface area contributed by atoms with Crippen molar-refractivity contribution in [1.82, 2.24) is 0 Å². The molecule has 0 saturated heterocycles. The number of rotatable bonds is 7. The Balaban J connectivity index is 3.03. The van der Waals surface area contributed by atoms with Gasteiger partial charge in [-0.25, -0.2) is 0 Å². The molecule has 2 heteroatoms. The van der Waals surface area contributed by atoms with Crippen LogP contribution in [-0.4, -0.2) is 24.4 Å². The first-order chi connectivity index (χ1) is 5.31. The van der Waals surface area contributed by atoms with E-state index in [2.05, 4.69) is 13.5 Å². The van der Waals surface area contributed by atoms with Crippen LogP contribution < -0.4 is 0 Å². The normalized spacial score (nSPS) is 12.9. The summed E-state index contributed by atoms with van der Waals surface area (Å²) in [6.45, 7) is 6.84. The Morgan fingerprint density at radius 1 is 1.64 bits per heavy atom. The number of aliphatic hydroxyl groups is 1. The van der Waals surface area contributed by atoms with Gasteiger partial charge in [0.1, 0.15) is 0 Å². The van der Waals surface area contributed by atoms with Gasteiger partial charge in [-0.05, 0) is 12.8 Å². The monoisotopic (exact) mass is 158 g/mol. The average molecular weight is 158 g/mol.